The van der Waals surface area contributed by atoms with Crippen LogP contribution in [-0.2, 0) is 14.3 Å². The highest BCUT2D eigenvalue weighted by atomic mass is 35.5. The molecule has 1 aromatic heterocycles. The van der Waals surface area contributed by atoms with Crippen molar-refractivity contribution in [1.82, 2.24) is 19.7 Å². The smallest absolute Gasteiger partial charge is 0.410 e. The van der Waals surface area contributed by atoms with Crippen molar-refractivity contribution in [3.8, 4) is 0 Å². The fourth-order valence-electron chi connectivity index (χ4n) is 5.73. The Morgan fingerprint density at radius 2 is 1.77 bits per heavy atom. The van der Waals surface area contributed by atoms with Crippen molar-refractivity contribution in [2.45, 2.75) is 37.4 Å². The normalized spacial score (nSPS) is 23.2. The quantitative estimate of drug-likeness (QED) is 0.303. The molecular formula is C31H36Cl2FN5O4. The van der Waals surface area contributed by atoms with Crippen molar-refractivity contribution < 1.29 is 23.5 Å². The summed E-state index contributed by atoms with van der Waals surface area (Å²) in [5.74, 6) is -0.631. The van der Waals surface area contributed by atoms with Gasteiger partial charge in [0, 0.05) is 65.2 Å². The Hall–Kier alpha value is -3.34. The van der Waals surface area contributed by atoms with Crippen LogP contribution in [0, 0.1) is 0 Å². The van der Waals surface area contributed by atoms with Gasteiger partial charge < -0.3 is 24.2 Å². The molecular weight excluding hydrogens is 596 g/mol. The predicted octanol–water partition coefficient (Wildman–Crippen LogP) is 5.89. The molecule has 0 spiro atoms. The van der Waals surface area contributed by atoms with Gasteiger partial charge in [-0.1, -0.05) is 41.9 Å². The van der Waals surface area contributed by atoms with Gasteiger partial charge in [0.15, 0.2) is 5.15 Å². The van der Waals surface area contributed by atoms with E-state index in [0.717, 1.165) is 5.56 Å². The molecule has 0 radical (unpaired) electrons. The minimum atomic E-state index is -1.68. The van der Waals surface area contributed by atoms with Crippen LogP contribution in [-0.4, -0.2) is 96.9 Å². The van der Waals surface area contributed by atoms with Gasteiger partial charge in [-0.2, -0.15) is 0 Å². The second kappa shape index (κ2) is 12.0. The van der Waals surface area contributed by atoms with E-state index in [1.165, 1.54) is 29.2 Å². The molecule has 5 rings (SSSR count). The third kappa shape index (κ3) is 5.92. The van der Waals surface area contributed by atoms with Gasteiger partial charge in [-0.05, 0) is 44.1 Å². The molecule has 12 heteroatoms. The van der Waals surface area contributed by atoms with E-state index in [0.29, 0.717) is 49.5 Å². The van der Waals surface area contributed by atoms with E-state index in [1.807, 2.05) is 56.0 Å². The Balaban J connectivity index is 1.55. The number of aromatic nitrogens is 1. The van der Waals surface area contributed by atoms with Crippen molar-refractivity contribution in [2.75, 3.05) is 58.3 Å². The van der Waals surface area contributed by atoms with Crippen LogP contribution < -0.4 is 4.90 Å². The van der Waals surface area contributed by atoms with Gasteiger partial charge in [-0.3, -0.25) is 4.90 Å². The number of allylic oxidation sites excluding steroid dienone is 2. The van der Waals surface area contributed by atoms with Gasteiger partial charge in [-0.25, -0.2) is 19.0 Å². The number of urea groups is 1. The van der Waals surface area contributed by atoms with E-state index in [-0.39, 0.29) is 29.5 Å². The van der Waals surface area contributed by atoms with E-state index < -0.39 is 22.4 Å². The Labute approximate surface area is 261 Å². The van der Waals surface area contributed by atoms with Gasteiger partial charge >= 0.3 is 12.1 Å². The molecule has 0 bridgehead atoms. The first-order chi connectivity index (χ1) is 20.3. The zero-order valence-electron chi connectivity index (χ0n) is 24.9. The van der Waals surface area contributed by atoms with E-state index in [1.54, 1.807) is 18.0 Å². The van der Waals surface area contributed by atoms with Gasteiger partial charge in [0.1, 0.15) is 22.4 Å². The summed E-state index contributed by atoms with van der Waals surface area (Å²) in [6.07, 6.45) is 1.64. The third-order valence-corrected chi connectivity index (χ3v) is 8.73. The van der Waals surface area contributed by atoms with Crippen LogP contribution in [0.5, 0.6) is 0 Å². The maximum atomic E-state index is 16.3. The van der Waals surface area contributed by atoms with Crippen molar-refractivity contribution >= 4 is 46.6 Å². The lowest BCUT2D eigenvalue weighted by Gasteiger charge is -2.43. The average molecular weight is 633 g/mol. The van der Waals surface area contributed by atoms with Crippen LogP contribution in [0.1, 0.15) is 31.9 Å². The highest BCUT2D eigenvalue weighted by molar-refractivity contribution is 6.32. The van der Waals surface area contributed by atoms with Crippen molar-refractivity contribution in [1.29, 1.82) is 0 Å². The molecule has 9 nitrogen and oxygen atoms in total. The first-order valence-electron chi connectivity index (χ1n) is 14.2. The number of rotatable bonds is 5. The highest BCUT2D eigenvalue weighted by Crippen LogP contribution is 2.53. The standard InChI is InChI=1S/C31H36Cl2FN5O4/c1-30(2,3)43-29(41)38-14-12-37(13-15-38)24-17-21(19-35-27(24)32)31(33)25(39-16-11-36(4)28(39)40)23(34)18-22(26(31)42-5)20-9-7-6-8-10-20/h6-10,17-19,26H,11-16H2,1-5H3. The summed E-state index contributed by atoms with van der Waals surface area (Å²) in [7, 11) is 3.18. The van der Waals surface area contributed by atoms with E-state index in [2.05, 4.69) is 4.98 Å². The number of amides is 3. The lowest BCUT2D eigenvalue weighted by Crippen LogP contribution is -2.50. The molecule has 3 heterocycles. The molecule has 2 saturated heterocycles. The van der Waals surface area contributed by atoms with Crippen LogP contribution in [0.4, 0.5) is 19.7 Å². The highest BCUT2D eigenvalue weighted by Gasteiger charge is 2.53. The predicted molar refractivity (Wildman–Crippen MR) is 165 cm³/mol. The number of pyridine rings is 1. The third-order valence-electron chi connectivity index (χ3n) is 7.84. The largest absolute Gasteiger partial charge is 0.444 e. The molecule has 3 amide bonds. The topological polar surface area (TPSA) is 78.5 Å². The number of carbonyl (C=O) groups excluding carboxylic acids is 2. The van der Waals surface area contributed by atoms with E-state index in [9.17, 15) is 9.59 Å². The fourth-order valence-corrected chi connectivity index (χ4v) is 6.45. The summed E-state index contributed by atoms with van der Waals surface area (Å²) in [6, 6.07) is 10.7. The van der Waals surface area contributed by atoms with E-state index in [4.69, 9.17) is 32.7 Å². The summed E-state index contributed by atoms with van der Waals surface area (Å²) in [5.41, 5.74) is 1.67. The van der Waals surface area contributed by atoms with E-state index >= 15 is 4.39 Å². The molecule has 230 valence electrons. The van der Waals surface area contributed by atoms with Gasteiger partial charge in [0.2, 0.25) is 0 Å². The minimum Gasteiger partial charge on any atom is -0.444 e. The number of likely N-dealkylation sites (N-methyl/N-ethyl adjacent to an activating group) is 1. The lowest BCUT2D eigenvalue weighted by molar-refractivity contribution is 0.0240. The molecule has 2 atom stereocenters. The number of hydrogen-bond donors (Lipinski definition) is 0. The van der Waals surface area contributed by atoms with Crippen LogP contribution in [0.15, 0.2) is 60.2 Å². The number of nitrogens with zero attached hydrogens (tertiary/aromatic N) is 5. The van der Waals surface area contributed by atoms with Crippen LogP contribution in [0.25, 0.3) is 5.57 Å². The molecule has 3 aliphatic rings. The monoisotopic (exact) mass is 631 g/mol. The molecule has 1 aliphatic carbocycles. The molecule has 2 aromatic rings. The van der Waals surface area contributed by atoms with Crippen LogP contribution >= 0.6 is 23.2 Å². The zero-order valence-corrected chi connectivity index (χ0v) is 26.5. The molecule has 0 N–H and O–H groups in total. The molecule has 43 heavy (non-hydrogen) atoms. The Morgan fingerprint density at radius 1 is 1.09 bits per heavy atom. The summed E-state index contributed by atoms with van der Waals surface area (Å²) in [5, 5.41) is 0.237. The lowest BCUT2D eigenvalue weighted by atomic mass is 9.79. The van der Waals surface area contributed by atoms with Gasteiger partial charge in [0.05, 0.1) is 11.4 Å². The van der Waals surface area contributed by atoms with Crippen LogP contribution in [0.2, 0.25) is 5.15 Å². The maximum Gasteiger partial charge on any atom is 0.410 e. The first-order valence-corrected chi connectivity index (χ1v) is 14.9. The Morgan fingerprint density at radius 3 is 2.35 bits per heavy atom. The summed E-state index contributed by atoms with van der Waals surface area (Å²) in [6.45, 7) is 7.93. The van der Waals surface area contributed by atoms with Gasteiger partial charge in [0.25, 0.3) is 0 Å². The maximum absolute atomic E-state index is 16.3. The second-order valence-corrected chi connectivity index (χ2v) is 12.8. The number of piperazine rings is 1. The number of methoxy groups -OCH3 is 1. The van der Waals surface area contributed by atoms with Crippen LogP contribution in [0.3, 0.4) is 0 Å². The number of benzene rings is 1. The molecule has 0 saturated carbocycles. The molecule has 2 unspecified atom stereocenters. The number of hydrogen-bond acceptors (Lipinski definition) is 6. The molecule has 2 aliphatic heterocycles. The molecule has 1 aromatic carbocycles. The van der Waals surface area contributed by atoms with Crippen molar-refractivity contribution in [3.05, 3.63) is 76.5 Å². The Kier molecular flexibility index (Phi) is 8.66. The number of ether oxygens (including phenoxy) is 2. The minimum absolute atomic E-state index is 0.000125. The number of anilines is 1. The summed E-state index contributed by atoms with van der Waals surface area (Å²) >= 11 is 14.2. The first kappa shape index (κ1) is 31.1. The number of carbonyl (C=O) groups is 2. The Bertz CT molecular complexity index is 1460. The van der Waals surface area contributed by atoms with Crippen molar-refractivity contribution in [3.63, 3.8) is 0 Å². The summed E-state index contributed by atoms with van der Waals surface area (Å²) in [4.78, 5) is 35.2. The number of halogens is 3. The van der Waals surface area contributed by atoms with Crippen molar-refractivity contribution in [2.24, 2.45) is 0 Å². The summed E-state index contributed by atoms with van der Waals surface area (Å²) < 4.78 is 27.9. The average Bonchev–Trinajstić information content (AvgIpc) is 3.29. The second-order valence-electron chi connectivity index (χ2n) is 11.8. The van der Waals surface area contributed by atoms with Gasteiger partial charge in [-0.15, -0.1) is 11.6 Å². The number of alkyl halides is 1. The zero-order chi connectivity index (χ0) is 31.1. The SMILES string of the molecule is COC1C(c2ccccc2)=CC(F)=C(N2CCN(C)C2=O)C1(Cl)c1cnc(Cl)c(N2CCN(C(=O)OC(C)(C)C)CC2)c1. The fraction of sp³-hybridized carbons (Fsp3) is 0.452. The molecule has 2 fully saturated rings.